The van der Waals surface area contributed by atoms with E-state index >= 15 is 0 Å². The molecule has 15 heavy (non-hydrogen) atoms. The molecule has 0 bridgehead atoms. The van der Waals surface area contributed by atoms with Crippen molar-refractivity contribution in [2.45, 2.75) is 32.2 Å². The third kappa shape index (κ3) is 4.09. The van der Waals surface area contributed by atoms with Crippen LogP contribution < -0.4 is 5.32 Å². The van der Waals surface area contributed by atoms with Crippen molar-refractivity contribution in [2.24, 2.45) is 5.92 Å². The zero-order chi connectivity index (χ0) is 11.1. The lowest BCUT2D eigenvalue weighted by atomic mass is 9.78. The normalized spacial score (nSPS) is 25.6. The van der Waals surface area contributed by atoms with E-state index in [-0.39, 0.29) is 0 Å². The van der Waals surface area contributed by atoms with Crippen molar-refractivity contribution in [2.75, 3.05) is 40.4 Å². The Morgan fingerprint density at radius 3 is 2.73 bits per heavy atom. The Morgan fingerprint density at radius 1 is 1.40 bits per heavy atom. The molecule has 0 aliphatic heterocycles. The van der Waals surface area contributed by atoms with Crippen LogP contribution in [0.25, 0.3) is 0 Å². The second-order valence-electron chi connectivity index (χ2n) is 4.58. The number of hydrogen-bond acceptors (Lipinski definition) is 3. The average molecular weight is 214 g/mol. The molecule has 1 aliphatic carbocycles. The van der Waals surface area contributed by atoms with Gasteiger partial charge < -0.3 is 15.0 Å². The van der Waals surface area contributed by atoms with Gasteiger partial charge in [-0.05, 0) is 45.3 Å². The smallest absolute Gasteiger partial charge is 0.0589 e. The van der Waals surface area contributed by atoms with E-state index in [2.05, 4.69) is 24.2 Å². The highest BCUT2D eigenvalue weighted by Crippen LogP contribution is 2.30. The maximum atomic E-state index is 5.11. The molecule has 1 N–H and O–H groups in total. The summed E-state index contributed by atoms with van der Waals surface area (Å²) in [5, 5.41) is 3.52. The zero-order valence-corrected chi connectivity index (χ0v) is 10.5. The summed E-state index contributed by atoms with van der Waals surface area (Å²) < 4.78 is 5.11. The third-order valence-electron chi connectivity index (χ3n) is 3.42. The van der Waals surface area contributed by atoms with Crippen LogP contribution >= 0.6 is 0 Å². The predicted octanol–water partition coefficient (Wildman–Crippen LogP) is 1.34. The molecule has 0 aromatic heterocycles. The Balaban J connectivity index is 2.13. The number of nitrogens with zero attached hydrogens (tertiary/aromatic N) is 1. The minimum absolute atomic E-state index is 0.782. The van der Waals surface area contributed by atoms with Gasteiger partial charge in [-0.25, -0.2) is 0 Å². The highest BCUT2D eigenvalue weighted by Gasteiger charge is 2.32. The van der Waals surface area contributed by atoms with E-state index in [0.29, 0.717) is 0 Å². The van der Waals surface area contributed by atoms with E-state index in [9.17, 15) is 0 Å². The van der Waals surface area contributed by atoms with E-state index in [1.807, 2.05) is 0 Å². The highest BCUT2D eigenvalue weighted by atomic mass is 16.5. The Hall–Kier alpha value is -0.120. The molecule has 1 aliphatic rings. The first-order chi connectivity index (χ1) is 7.29. The molecule has 2 unspecified atom stereocenters. The molecule has 0 heterocycles. The molecule has 0 radical (unpaired) electrons. The van der Waals surface area contributed by atoms with Crippen LogP contribution in [0, 0.1) is 5.92 Å². The van der Waals surface area contributed by atoms with Crippen molar-refractivity contribution >= 4 is 0 Å². The Bertz CT molecular complexity index is 164. The predicted molar refractivity (Wildman–Crippen MR) is 64.2 cm³/mol. The minimum atomic E-state index is 0.782. The topological polar surface area (TPSA) is 24.5 Å². The number of nitrogens with one attached hydrogen (secondary N) is 1. The standard InChI is InChI=1S/C12H26N2O/c1-4-7-13-10-11-5-6-12(11)14(2)8-9-15-3/h11-13H,4-10H2,1-3H3. The van der Waals surface area contributed by atoms with Gasteiger partial charge in [0.15, 0.2) is 0 Å². The Morgan fingerprint density at radius 2 is 2.20 bits per heavy atom. The molecule has 90 valence electrons. The van der Waals surface area contributed by atoms with Crippen molar-refractivity contribution < 1.29 is 4.74 Å². The fourth-order valence-electron chi connectivity index (χ4n) is 2.24. The molecule has 2 atom stereocenters. The van der Waals surface area contributed by atoms with Crippen LogP contribution in [0.5, 0.6) is 0 Å². The Labute approximate surface area is 94.2 Å². The lowest BCUT2D eigenvalue weighted by Gasteiger charge is -2.43. The number of rotatable bonds is 8. The van der Waals surface area contributed by atoms with Crippen LogP contribution in [0.3, 0.4) is 0 Å². The van der Waals surface area contributed by atoms with Gasteiger partial charge in [-0.1, -0.05) is 6.92 Å². The number of ether oxygens (including phenoxy) is 1. The summed E-state index contributed by atoms with van der Waals surface area (Å²) >= 11 is 0. The van der Waals surface area contributed by atoms with Crippen molar-refractivity contribution in [3.8, 4) is 0 Å². The average Bonchev–Trinajstić information content (AvgIpc) is 2.19. The Kier molecular flexibility index (Phi) is 6.22. The van der Waals surface area contributed by atoms with Gasteiger partial charge in [0.2, 0.25) is 0 Å². The summed E-state index contributed by atoms with van der Waals surface area (Å²) in [4.78, 5) is 2.45. The first-order valence-electron chi connectivity index (χ1n) is 6.19. The molecule has 0 amide bonds. The van der Waals surface area contributed by atoms with Gasteiger partial charge >= 0.3 is 0 Å². The number of methoxy groups -OCH3 is 1. The summed E-state index contributed by atoms with van der Waals surface area (Å²) in [6, 6.07) is 0.782. The van der Waals surface area contributed by atoms with Crippen molar-refractivity contribution in [3.63, 3.8) is 0 Å². The highest BCUT2D eigenvalue weighted by molar-refractivity contribution is 4.88. The summed E-state index contributed by atoms with van der Waals surface area (Å²) in [7, 11) is 3.99. The van der Waals surface area contributed by atoms with E-state index in [1.54, 1.807) is 7.11 Å². The second kappa shape index (κ2) is 7.20. The summed E-state index contributed by atoms with van der Waals surface area (Å²) in [6.45, 7) is 6.48. The van der Waals surface area contributed by atoms with E-state index in [1.165, 1.54) is 25.8 Å². The quantitative estimate of drug-likeness (QED) is 0.617. The fourth-order valence-corrected chi connectivity index (χ4v) is 2.24. The van der Waals surface area contributed by atoms with Crippen LogP contribution in [-0.4, -0.2) is 51.3 Å². The fraction of sp³-hybridized carbons (Fsp3) is 1.00. The molecule has 3 heteroatoms. The molecule has 1 saturated carbocycles. The first-order valence-corrected chi connectivity index (χ1v) is 6.19. The molecule has 0 aromatic rings. The molecular formula is C12H26N2O. The molecule has 1 fully saturated rings. The van der Waals surface area contributed by atoms with Gasteiger partial charge in [0, 0.05) is 19.7 Å². The molecular weight excluding hydrogens is 188 g/mol. The van der Waals surface area contributed by atoms with Crippen LogP contribution in [0.15, 0.2) is 0 Å². The number of hydrogen-bond donors (Lipinski definition) is 1. The number of likely N-dealkylation sites (N-methyl/N-ethyl adjacent to an activating group) is 1. The van der Waals surface area contributed by atoms with Gasteiger partial charge in [-0.15, -0.1) is 0 Å². The SMILES string of the molecule is CCCNCC1CCC1N(C)CCOC. The van der Waals surface area contributed by atoms with Crippen molar-refractivity contribution in [1.29, 1.82) is 0 Å². The largest absolute Gasteiger partial charge is 0.383 e. The summed E-state index contributed by atoms with van der Waals surface area (Å²) in [5.41, 5.74) is 0. The minimum Gasteiger partial charge on any atom is -0.383 e. The lowest BCUT2D eigenvalue weighted by molar-refractivity contribution is 0.0596. The second-order valence-corrected chi connectivity index (χ2v) is 4.58. The molecule has 0 spiro atoms. The lowest BCUT2D eigenvalue weighted by Crippen LogP contribution is -2.49. The monoisotopic (exact) mass is 214 g/mol. The summed E-state index contributed by atoms with van der Waals surface area (Å²) in [5.74, 6) is 0.860. The van der Waals surface area contributed by atoms with Gasteiger partial charge in [0.1, 0.15) is 0 Å². The summed E-state index contributed by atoms with van der Waals surface area (Å²) in [6.07, 6.45) is 3.98. The van der Waals surface area contributed by atoms with E-state index in [0.717, 1.165) is 31.7 Å². The zero-order valence-electron chi connectivity index (χ0n) is 10.5. The van der Waals surface area contributed by atoms with E-state index in [4.69, 9.17) is 4.74 Å². The van der Waals surface area contributed by atoms with E-state index < -0.39 is 0 Å². The van der Waals surface area contributed by atoms with Crippen LogP contribution in [0.1, 0.15) is 26.2 Å². The van der Waals surface area contributed by atoms with Gasteiger partial charge in [0.25, 0.3) is 0 Å². The molecule has 3 nitrogen and oxygen atoms in total. The van der Waals surface area contributed by atoms with Crippen molar-refractivity contribution in [3.05, 3.63) is 0 Å². The van der Waals surface area contributed by atoms with Gasteiger partial charge in [0.05, 0.1) is 6.61 Å². The van der Waals surface area contributed by atoms with Crippen molar-refractivity contribution in [1.82, 2.24) is 10.2 Å². The first kappa shape index (κ1) is 12.9. The van der Waals surface area contributed by atoms with Crippen LogP contribution in [-0.2, 0) is 4.74 Å². The maximum absolute atomic E-state index is 5.11. The maximum Gasteiger partial charge on any atom is 0.0589 e. The third-order valence-corrected chi connectivity index (χ3v) is 3.42. The van der Waals surface area contributed by atoms with Gasteiger partial charge in [-0.2, -0.15) is 0 Å². The van der Waals surface area contributed by atoms with Gasteiger partial charge in [-0.3, -0.25) is 0 Å². The molecule has 1 rings (SSSR count). The molecule has 0 aromatic carbocycles. The van der Waals surface area contributed by atoms with Crippen LogP contribution in [0.2, 0.25) is 0 Å². The molecule has 0 saturated heterocycles. The van der Waals surface area contributed by atoms with Crippen LogP contribution in [0.4, 0.5) is 0 Å².